The summed E-state index contributed by atoms with van der Waals surface area (Å²) in [5.41, 5.74) is 23.6. The van der Waals surface area contributed by atoms with Gasteiger partial charge in [0, 0.05) is 21.5 Å². The molecule has 55 heavy (non-hydrogen) atoms. The van der Waals surface area contributed by atoms with Crippen molar-refractivity contribution in [3.63, 3.8) is 0 Å². The second-order valence-electron chi connectivity index (χ2n) is 16.3. The predicted molar refractivity (Wildman–Crippen MR) is 274 cm³/mol. The highest BCUT2D eigenvalue weighted by molar-refractivity contribution is 6.75. The number of furan rings is 2. The van der Waals surface area contributed by atoms with E-state index < -0.39 is 0 Å². The van der Waals surface area contributed by atoms with Crippen LogP contribution in [0.1, 0.15) is 0 Å². The van der Waals surface area contributed by atoms with E-state index in [0.717, 1.165) is 43.9 Å². The molecule has 0 saturated heterocycles. The van der Waals surface area contributed by atoms with Crippen molar-refractivity contribution in [2.45, 2.75) is 0 Å². The summed E-state index contributed by atoms with van der Waals surface area (Å²) in [5, 5.41) is 12.9. The molecule has 2 aromatic heterocycles. The van der Waals surface area contributed by atoms with Crippen LogP contribution < -0.4 is 60.1 Å². The molecule has 0 aliphatic rings. The fourth-order valence-electron chi connectivity index (χ4n) is 10.1. The van der Waals surface area contributed by atoms with E-state index in [4.69, 9.17) is 8.83 Å². The Labute approximate surface area is 331 Å². The summed E-state index contributed by atoms with van der Waals surface area (Å²) < 4.78 is 12.8. The molecule has 8 aromatic carbocycles. The van der Waals surface area contributed by atoms with E-state index in [2.05, 4.69) is 153 Å². The molecule has 0 N–H and O–H groups in total. The molecule has 2 nitrogen and oxygen atoms in total. The zero-order chi connectivity index (χ0) is 38.3. The van der Waals surface area contributed by atoms with Gasteiger partial charge in [0.05, 0.1) is 0 Å². The zero-order valence-electron chi connectivity index (χ0n) is 33.8. The zero-order valence-corrected chi connectivity index (χ0v) is 33.8. The smallest absolute Gasteiger partial charge is 0.178 e. The third-order valence-electron chi connectivity index (χ3n) is 13.9. The lowest BCUT2D eigenvalue weighted by Gasteiger charge is -2.28. The van der Waals surface area contributed by atoms with Gasteiger partial charge in [0.1, 0.15) is 97.5 Å². The quantitative estimate of drug-likeness (QED) is 0.133. The number of hydrogen-bond acceptors (Lipinski definition) is 2. The van der Waals surface area contributed by atoms with Crippen LogP contribution in [0.15, 0.2) is 87.7 Å². The molecule has 0 spiro atoms. The molecule has 2 heterocycles. The molecule has 0 aliphatic heterocycles. The molecule has 0 bridgehead atoms. The second kappa shape index (κ2) is 11.9. The lowest BCUT2D eigenvalue weighted by atomic mass is 9.58. The average molecular weight is 691 g/mol. The highest BCUT2D eigenvalue weighted by Gasteiger charge is 2.25. The van der Waals surface area contributed by atoms with E-state index in [1.807, 2.05) is 12.1 Å². The first kappa shape index (κ1) is 34.4. The molecular weight excluding hydrogens is 655 g/mol. The van der Waals surface area contributed by atoms with Crippen molar-refractivity contribution < 1.29 is 8.83 Å². The number of benzene rings is 8. The topological polar surface area (TPSA) is 26.3 Å². The SMILES string of the molecule is Bc1c(B)c(B)c2c(c1B)c1c(B)c(B)c(B)c(B)c1c1c(B)c(-c3cccc(-c4ccc5oc6c(ccc7c8ccccc8oc76)c5c4)c3)c(B)c(B)c21. The largest absolute Gasteiger partial charge is 0.452 e. The minimum absolute atomic E-state index is 0.805. The standard InChI is InChI=1S/C42H35B11O2/c43-30-23(31(44)32(45)25-24(30)26-28(35(48)39(52)37(50)33(26)46)29-27(25)34(47)38(51)40(53)36(29)49)16-5-3-4-14(12-16)15-8-11-22-20(13-15)19-10-9-18-17-6-1-2-7-21(17)54-41(18)42(19)55-22/h1-13H,43-53H2. The number of para-hydroxylation sites is 1. The Morgan fingerprint density at radius 2 is 0.727 bits per heavy atom. The van der Waals surface area contributed by atoms with Crippen LogP contribution in [0.4, 0.5) is 0 Å². The maximum absolute atomic E-state index is 6.50. The van der Waals surface area contributed by atoms with Crippen molar-refractivity contribution >= 4 is 223 Å². The lowest BCUT2D eigenvalue weighted by Crippen LogP contribution is -2.51. The average Bonchev–Trinajstić information content (AvgIpc) is 3.77. The summed E-state index contributed by atoms with van der Waals surface area (Å²) in [4.78, 5) is 0. The van der Waals surface area contributed by atoms with E-state index in [0.29, 0.717) is 0 Å². The summed E-state index contributed by atoms with van der Waals surface area (Å²) in [7, 11) is 25.7. The Morgan fingerprint density at radius 1 is 0.291 bits per heavy atom. The van der Waals surface area contributed by atoms with Crippen molar-refractivity contribution in [2.24, 2.45) is 0 Å². The van der Waals surface area contributed by atoms with Crippen LogP contribution in [0.2, 0.25) is 0 Å². The van der Waals surface area contributed by atoms with E-state index in [9.17, 15) is 0 Å². The summed E-state index contributed by atoms with van der Waals surface area (Å²) in [6.45, 7) is 0. The van der Waals surface area contributed by atoms with Crippen molar-refractivity contribution in [2.75, 3.05) is 0 Å². The minimum Gasteiger partial charge on any atom is -0.452 e. The second-order valence-corrected chi connectivity index (χ2v) is 16.3. The molecule has 0 fully saturated rings. The molecule has 10 rings (SSSR count). The molecule has 0 radical (unpaired) electrons. The van der Waals surface area contributed by atoms with E-state index >= 15 is 0 Å². The number of hydrogen-bond donors (Lipinski definition) is 0. The van der Waals surface area contributed by atoms with Gasteiger partial charge in [0.2, 0.25) is 0 Å². The van der Waals surface area contributed by atoms with Gasteiger partial charge < -0.3 is 8.83 Å². The summed E-state index contributed by atoms with van der Waals surface area (Å²) in [6.07, 6.45) is 0. The van der Waals surface area contributed by atoms with E-state index in [1.54, 1.807) is 0 Å². The molecule has 0 unspecified atom stereocenters. The van der Waals surface area contributed by atoms with Gasteiger partial charge in [-0.15, -0.1) is 21.9 Å². The van der Waals surface area contributed by atoms with Crippen molar-refractivity contribution in [1.82, 2.24) is 0 Å². The summed E-state index contributed by atoms with van der Waals surface area (Å²) in [6, 6.07) is 28.3. The van der Waals surface area contributed by atoms with E-state index in [1.165, 1.54) is 115 Å². The van der Waals surface area contributed by atoms with Gasteiger partial charge in [-0.3, -0.25) is 0 Å². The van der Waals surface area contributed by atoms with Crippen LogP contribution in [-0.4, -0.2) is 86.3 Å². The van der Waals surface area contributed by atoms with Gasteiger partial charge in [-0.05, 0) is 91.0 Å². The first-order valence-electron chi connectivity index (χ1n) is 19.6. The van der Waals surface area contributed by atoms with Crippen molar-refractivity contribution in [3.05, 3.63) is 78.9 Å². The first-order chi connectivity index (χ1) is 26.4. The van der Waals surface area contributed by atoms with Gasteiger partial charge in [-0.2, -0.15) is 0 Å². The van der Waals surface area contributed by atoms with E-state index in [-0.39, 0.29) is 0 Å². The highest BCUT2D eigenvalue weighted by atomic mass is 16.4. The van der Waals surface area contributed by atoms with Crippen molar-refractivity contribution in [1.29, 1.82) is 0 Å². The fraction of sp³-hybridized carbons (Fsp3) is 0. The van der Waals surface area contributed by atoms with Crippen LogP contribution in [0.3, 0.4) is 0 Å². The molecule has 13 heteroatoms. The van der Waals surface area contributed by atoms with Gasteiger partial charge in [0.15, 0.2) is 11.2 Å². The third-order valence-corrected chi connectivity index (χ3v) is 13.9. The molecule has 10 aromatic rings. The van der Waals surface area contributed by atoms with Gasteiger partial charge in [-0.25, -0.2) is 0 Å². The van der Waals surface area contributed by atoms with Crippen LogP contribution in [-0.2, 0) is 0 Å². The third kappa shape index (κ3) is 4.53. The molecule has 0 aliphatic carbocycles. The van der Waals surface area contributed by atoms with Crippen LogP contribution in [0, 0.1) is 0 Å². The van der Waals surface area contributed by atoms with Gasteiger partial charge >= 0.3 is 0 Å². The minimum atomic E-state index is 0.805. The first-order valence-corrected chi connectivity index (χ1v) is 19.6. The Hall–Kier alpha value is -5.15. The molecular formula is C42H35B11O2. The van der Waals surface area contributed by atoms with Crippen LogP contribution >= 0.6 is 0 Å². The van der Waals surface area contributed by atoms with Gasteiger partial charge in [0.25, 0.3) is 0 Å². The summed E-state index contributed by atoms with van der Waals surface area (Å²) in [5.74, 6) is 0. The normalized spacial score (nSPS) is 12.1. The maximum atomic E-state index is 6.50. The van der Waals surface area contributed by atoms with Crippen LogP contribution in [0.5, 0.6) is 0 Å². The highest BCUT2D eigenvalue weighted by Crippen LogP contribution is 2.40. The lowest BCUT2D eigenvalue weighted by molar-refractivity contribution is 0.633. The Balaban J connectivity index is 1.23. The monoisotopic (exact) mass is 692 g/mol. The van der Waals surface area contributed by atoms with Gasteiger partial charge in [-0.1, -0.05) is 80.7 Å². The molecule has 248 valence electrons. The Bertz CT molecular complexity index is 3360. The maximum Gasteiger partial charge on any atom is 0.178 e. The number of fused-ring (bicyclic) bond motifs is 13. The Kier molecular flexibility index (Phi) is 7.45. The molecule has 0 saturated carbocycles. The number of rotatable bonds is 2. The van der Waals surface area contributed by atoms with Crippen LogP contribution in [0.25, 0.3) is 98.4 Å². The Morgan fingerprint density at radius 3 is 1.29 bits per heavy atom. The molecule has 0 atom stereocenters. The predicted octanol–water partition coefficient (Wildman–Crippen LogP) is -6.88. The fourth-order valence-corrected chi connectivity index (χ4v) is 10.1. The van der Waals surface area contributed by atoms with Crippen molar-refractivity contribution in [3.8, 4) is 22.3 Å². The summed E-state index contributed by atoms with van der Waals surface area (Å²) >= 11 is 0. The molecule has 0 amide bonds.